The van der Waals surface area contributed by atoms with Gasteiger partial charge in [0.25, 0.3) is 0 Å². The molecule has 0 saturated heterocycles. The van der Waals surface area contributed by atoms with Crippen molar-refractivity contribution in [2.75, 3.05) is 0 Å². The number of carbonyl (C=O) groups excluding carboxylic acids is 1. The highest BCUT2D eigenvalue weighted by Gasteiger charge is 2.40. The van der Waals surface area contributed by atoms with Crippen molar-refractivity contribution in [2.45, 2.75) is 44.8 Å². The van der Waals surface area contributed by atoms with E-state index in [4.69, 9.17) is 0 Å². The monoisotopic (exact) mass is 457 g/mol. The van der Waals surface area contributed by atoms with Crippen LogP contribution in [0, 0.1) is 0 Å². The molecule has 8 nitrogen and oxygen atoms in total. The summed E-state index contributed by atoms with van der Waals surface area (Å²) >= 11 is 0. The largest absolute Gasteiger partial charge is 0.395 e. The van der Waals surface area contributed by atoms with Crippen LogP contribution < -0.4 is 5.32 Å². The Morgan fingerprint density at radius 1 is 1.15 bits per heavy atom. The molecule has 0 bridgehead atoms. The number of nitrogens with one attached hydrogen (secondary N) is 2. The summed E-state index contributed by atoms with van der Waals surface area (Å²) in [7, 11) is 0. The van der Waals surface area contributed by atoms with Gasteiger partial charge in [-0.05, 0) is 38.0 Å². The standard InChI is InChI=1S/C22H22F3N7O/c1-13(2)31-19(33)6-4-17(22(23,24)25)14-3-5-18(27-9-14)32-11-15(10-30-32)16-7-8-26-21-20(16)28-12-29-21/h3,5,7-13,17H,4,6H2,1-2H3,(H,31,33)(H,26,28,29). The summed E-state index contributed by atoms with van der Waals surface area (Å²) in [4.78, 5) is 27.4. The van der Waals surface area contributed by atoms with Gasteiger partial charge in [0, 0.05) is 42.2 Å². The van der Waals surface area contributed by atoms with Crippen LogP contribution in [-0.2, 0) is 4.79 Å². The summed E-state index contributed by atoms with van der Waals surface area (Å²) in [6.07, 6.45) is 2.69. The fourth-order valence-electron chi connectivity index (χ4n) is 3.60. The Morgan fingerprint density at radius 3 is 2.67 bits per heavy atom. The van der Waals surface area contributed by atoms with Gasteiger partial charge in [0.15, 0.2) is 11.5 Å². The van der Waals surface area contributed by atoms with Gasteiger partial charge in [-0.3, -0.25) is 4.79 Å². The molecular weight excluding hydrogens is 435 g/mol. The zero-order valence-electron chi connectivity index (χ0n) is 18.0. The van der Waals surface area contributed by atoms with E-state index < -0.39 is 18.0 Å². The topological polar surface area (TPSA) is 101 Å². The molecule has 2 N–H and O–H groups in total. The predicted octanol–water partition coefficient (Wildman–Crippen LogP) is 4.16. The minimum atomic E-state index is -4.49. The van der Waals surface area contributed by atoms with Crippen LogP contribution in [-0.4, -0.2) is 47.8 Å². The van der Waals surface area contributed by atoms with Crippen molar-refractivity contribution >= 4 is 17.1 Å². The van der Waals surface area contributed by atoms with Crippen molar-refractivity contribution in [3.05, 3.63) is 54.9 Å². The minimum absolute atomic E-state index is 0.00396. The van der Waals surface area contributed by atoms with E-state index in [1.165, 1.54) is 23.0 Å². The number of aromatic nitrogens is 6. The summed E-state index contributed by atoms with van der Waals surface area (Å²) in [5.74, 6) is -1.82. The van der Waals surface area contributed by atoms with Gasteiger partial charge in [0.05, 0.1) is 24.0 Å². The fraction of sp³-hybridized carbons (Fsp3) is 0.318. The number of imidazole rings is 1. The molecule has 0 aliphatic rings. The Labute approximate surface area is 187 Å². The molecule has 4 aromatic heterocycles. The zero-order chi connectivity index (χ0) is 23.6. The Balaban J connectivity index is 1.53. The number of hydrogen-bond acceptors (Lipinski definition) is 5. The predicted molar refractivity (Wildman–Crippen MR) is 116 cm³/mol. The van der Waals surface area contributed by atoms with E-state index in [1.807, 2.05) is 6.07 Å². The molecule has 11 heteroatoms. The van der Waals surface area contributed by atoms with Gasteiger partial charge in [0.2, 0.25) is 5.91 Å². The van der Waals surface area contributed by atoms with Crippen molar-refractivity contribution in [3.8, 4) is 16.9 Å². The quantitative estimate of drug-likeness (QED) is 0.434. The first-order valence-electron chi connectivity index (χ1n) is 10.4. The van der Waals surface area contributed by atoms with Crippen molar-refractivity contribution in [1.82, 2.24) is 35.0 Å². The number of H-pyrrole nitrogens is 1. The fourth-order valence-corrected chi connectivity index (χ4v) is 3.60. The van der Waals surface area contributed by atoms with Crippen molar-refractivity contribution in [1.29, 1.82) is 0 Å². The molecule has 0 radical (unpaired) electrons. The highest BCUT2D eigenvalue weighted by atomic mass is 19.4. The summed E-state index contributed by atoms with van der Waals surface area (Å²) in [6.45, 7) is 3.52. The maximum absolute atomic E-state index is 13.6. The lowest BCUT2D eigenvalue weighted by Crippen LogP contribution is -2.31. The highest BCUT2D eigenvalue weighted by Crippen LogP contribution is 2.38. The number of fused-ring (bicyclic) bond motifs is 1. The van der Waals surface area contributed by atoms with E-state index in [9.17, 15) is 18.0 Å². The lowest BCUT2D eigenvalue weighted by atomic mass is 9.94. The Bertz CT molecular complexity index is 1240. The molecule has 0 aliphatic carbocycles. The molecule has 1 atom stereocenters. The molecule has 1 amide bonds. The number of nitrogens with zero attached hydrogens (tertiary/aromatic N) is 5. The number of pyridine rings is 2. The van der Waals surface area contributed by atoms with Crippen molar-refractivity contribution < 1.29 is 18.0 Å². The number of rotatable bonds is 7. The number of amides is 1. The number of aromatic amines is 1. The second kappa shape index (κ2) is 9.00. The van der Waals surface area contributed by atoms with Gasteiger partial charge < -0.3 is 10.3 Å². The molecular formula is C22H22F3N7O. The van der Waals surface area contributed by atoms with Gasteiger partial charge in [0.1, 0.15) is 0 Å². The number of hydrogen-bond donors (Lipinski definition) is 2. The van der Waals surface area contributed by atoms with Crippen LogP contribution >= 0.6 is 0 Å². The van der Waals surface area contributed by atoms with Crippen molar-refractivity contribution in [3.63, 3.8) is 0 Å². The summed E-state index contributed by atoms with van der Waals surface area (Å²) in [6, 6.07) is 4.55. The first kappa shape index (κ1) is 22.4. The molecule has 0 aliphatic heterocycles. The van der Waals surface area contributed by atoms with Crippen molar-refractivity contribution in [2.24, 2.45) is 0 Å². The average Bonchev–Trinajstić information content (AvgIpc) is 3.42. The van der Waals surface area contributed by atoms with Crippen LogP contribution in [0.15, 0.2) is 49.3 Å². The van der Waals surface area contributed by atoms with E-state index in [0.29, 0.717) is 11.5 Å². The Hall–Kier alpha value is -3.76. The van der Waals surface area contributed by atoms with Crippen LogP contribution in [0.5, 0.6) is 0 Å². The van der Waals surface area contributed by atoms with Crippen LogP contribution in [0.3, 0.4) is 0 Å². The molecule has 4 heterocycles. The smallest absolute Gasteiger partial charge is 0.354 e. The number of alkyl halides is 3. The van der Waals surface area contributed by atoms with E-state index in [2.05, 4.69) is 30.4 Å². The molecule has 4 rings (SSSR count). The lowest BCUT2D eigenvalue weighted by Gasteiger charge is -2.20. The van der Waals surface area contributed by atoms with Gasteiger partial charge in [-0.25, -0.2) is 19.6 Å². The van der Waals surface area contributed by atoms with Gasteiger partial charge in [-0.2, -0.15) is 18.3 Å². The zero-order valence-corrected chi connectivity index (χ0v) is 18.0. The van der Waals surface area contributed by atoms with E-state index in [0.717, 1.165) is 16.6 Å². The molecule has 33 heavy (non-hydrogen) atoms. The third kappa shape index (κ3) is 5.02. The summed E-state index contributed by atoms with van der Waals surface area (Å²) < 4.78 is 42.4. The first-order valence-corrected chi connectivity index (χ1v) is 10.4. The second-order valence-electron chi connectivity index (χ2n) is 7.94. The van der Waals surface area contributed by atoms with E-state index in [1.54, 1.807) is 38.8 Å². The Kier molecular flexibility index (Phi) is 6.12. The molecule has 4 aromatic rings. The Morgan fingerprint density at radius 2 is 1.97 bits per heavy atom. The third-order valence-corrected chi connectivity index (χ3v) is 5.13. The van der Waals surface area contributed by atoms with Crippen LogP contribution in [0.4, 0.5) is 13.2 Å². The summed E-state index contributed by atoms with van der Waals surface area (Å²) in [5, 5.41) is 6.90. The van der Waals surface area contributed by atoms with Crippen LogP contribution in [0.2, 0.25) is 0 Å². The number of halogens is 3. The SMILES string of the molecule is CC(C)NC(=O)CCC(c1ccc(-n2cc(-c3ccnc4nc[nH]c34)cn2)nc1)C(F)(F)F. The number of carbonyl (C=O) groups is 1. The second-order valence-corrected chi connectivity index (χ2v) is 7.94. The molecule has 0 saturated carbocycles. The molecule has 0 fully saturated rings. The maximum atomic E-state index is 13.6. The maximum Gasteiger partial charge on any atom is 0.395 e. The van der Waals surface area contributed by atoms with Crippen LogP contribution in [0.25, 0.3) is 28.1 Å². The normalized spacial score (nSPS) is 12.9. The molecule has 0 spiro atoms. The molecule has 172 valence electrons. The summed E-state index contributed by atoms with van der Waals surface area (Å²) in [5.41, 5.74) is 2.96. The molecule has 0 aromatic carbocycles. The van der Waals surface area contributed by atoms with E-state index in [-0.39, 0.29) is 24.4 Å². The average molecular weight is 457 g/mol. The van der Waals surface area contributed by atoms with Gasteiger partial charge in [-0.15, -0.1) is 0 Å². The molecule has 1 unspecified atom stereocenters. The third-order valence-electron chi connectivity index (χ3n) is 5.13. The van der Waals surface area contributed by atoms with Crippen LogP contribution in [0.1, 0.15) is 38.2 Å². The minimum Gasteiger partial charge on any atom is -0.354 e. The van der Waals surface area contributed by atoms with Gasteiger partial charge in [-0.1, -0.05) is 6.07 Å². The first-order chi connectivity index (χ1) is 15.7. The van der Waals surface area contributed by atoms with E-state index >= 15 is 0 Å². The lowest BCUT2D eigenvalue weighted by molar-refractivity contribution is -0.153. The van der Waals surface area contributed by atoms with Gasteiger partial charge >= 0.3 is 6.18 Å². The highest BCUT2D eigenvalue weighted by molar-refractivity contribution is 5.88.